The number of nitrogens with one attached hydrogen (secondary N) is 1. The molecule has 0 heterocycles. The lowest BCUT2D eigenvalue weighted by atomic mass is 10.2. The van der Waals surface area contributed by atoms with Gasteiger partial charge in [0.15, 0.2) is 9.84 Å². The summed E-state index contributed by atoms with van der Waals surface area (Å²) in [5.41, 5.74) is 0. The smallest absolute Gasteiger partial charge is 0.303 e. The summed E-state index contributed by atoms with van der Waals surface area (Å²) in [7, 11) is -3.05. The molecule has 0 rings (SSSR count). The van der Waals surface area contributed by atoms with Gasteiger partial charge in [-0.15, -0.1) is 0 Å². The number of carbonyl (C=O) groups is 1. The first-order chi connectivity index (χ1) is 7.67. The van der Waals surface area contributed by atoms with Crippen LogP contribution in [-0.4, -0.2) is 43.6 Å². The van der Waals surface area contributed by atoms with E-state index in [1.165, 1.54) is 6.26 Å². The molecule has 0 saturated carbocycles. The minimum atomic E-state index is -3.05. The lowest BCUT2D eigenvalue weighted by Gasteiger charge is -2.22. The van der Waals surface area contributed by atoms with Crippen LogP contribution in [0.15, 0.2) is 0 Å². The van der Waals surface area contributed by atoms with E-state index in [0.717, 1.165) is 19.4 Å². The molecule has 0 amide bonds. The molecule has 2 N–H and O–H groups in total. The highest BCUT2D eigenvalue weighted by atomic mass is 32.2. The highest BCUT2D eigenvalue weighted by Gasteiger charge is 2.29. The van der Waals surface area contributed by atoms with Crippen molar-refractivity contribution in [2.75, 3.05) is 19.3 Å². The Hall–Kier alpha value is -0.620. The summed E-state index contributed by atoms with van der Waals surface area (Å²) in [5.74, 6) is -0.767. The van der Waals surface area contributed by atoms with Gasteiger partial charge in [-0.25, -0.2) is 8.42 Å². The third kappa shape index (κ3) is 7.33. The van der Waals surface area contributed by atoms with Gasteiger partial charge in [-0.3, -0.25) is 4.79 Å². The summed E-state index contributed by atoms with van der Waals surface area (Å²) in [6, 6.07) is 0. The molecule has 6 heteroatoms. The number of aliphatic carboxylic acids is 1. The third-order valence-electron chi connectivity index (χ3n) is 2.80. The van der Waals surface area contributed by atoms with Crippen molar-refractivity contribution in [3.63, 3.8) is 0 Å². The van der Waals surface area contributed by atoms with E-state index in [1.807, 2.05) is 0 Å². The molecule has 0 aliphatic rings. The average Bonchev–Trinajstić information content (AvgIpc) is 2.13. The molecule has 0 radical (unpaired) electrons. The van der Waals surface area contributed by atoms with Crippen LogP contribution in [0.4, 0.5) is 0 Å². The SMILES string of the molecule is CC(C)(CNCCCCCC(=O)O)S(C)(=O)=O. The van der Waals surface area contributed by atoms with E-state index in [0.29, 0.717) is 13.0 Å². The fourth-order valence-corrected chi connectivity index (χ4v) is 1.59. The van der Waals surface area contributed by atoms with Crippen LogP contribution < -0.4 is 5.32 Å². The molecule has 0 aromatic carbocycles. The van der Waals surface area contributed by atoms with Gasteiger partial charge in [0, 0.05) is 19.2 Å². The zero-order chi connectivity index (χ0) is 13.5. The van der Waals surface area contributed by atoms with Crippen molar-refractivity contribution in [3.05, 3.63) is 0 Å². The van der Waals surface area contributed by atoms with E-state index in [4.69, 9.17) is 5.11 Å². The van der Waals surface area contributed by atoms with Crippen molar-refractivity contribution in [3.8, 4) is 0 Å². The van der Waals surface area contributed by atoms with E-state index in [-0.39, 0.29) is 6.42 Å². The van der Waals surface area contributed by atoms with Crippen molar-refractivity contribution in [2.45, 2.75) is 44.3 Å². The molecule has 102 valence electrons. The average molecular weight is 265 g/mol. The van der Waals surface area contributed by atoms with Crippen LogP contribution in [-0.2, 0) is 14.6 Å². The Kier molecular flexibility index (Phi) is 6.70. The largest absolute Gasteiger partial charge is 0.481 e. The Morgan fingerprint density at radius 3 is 2.29 bits per heavy atom. The van der Waals surface area contributed by atoms with Gasteiger partial charge in [0.1, 0.15) is 0 Å². The van der Waals surface area contributed by atoms with E-state index in [1.54, 1.807) is 13.8 Å². The molecule has 0 bridgehead atoms. The van der Waals surface area contributed by atoms with Crippen molar-refractivity contribution >= 4 is 15.8 Å². The molecule has 0 aliphatic heterocycles. The normalized spacial score (nSPS) is 12.6. The van der Waals surface area contributed by atoms with Gasteiger partial charge in [0.05, 0.1) is 4.75 Å². The van der Waals surface area contributed by atoms with E-state index in [9.17, 15) is 13.2 Å². The molecule has 17 heavy (non-hydrogen) atoms. The van der Waals surface area contributed by atoms with Crippen LogP contribution in [0.2, 0.25) is 0 Å². The zero-order valence-electron chi connectivity index (χ0n) is 10.8. The number of hydrogen-bond acceptors (Lipinski definition) is 4. The summed E-state index contributed by atoms with van der Waals surface area (Å²) >= 11 is 0. The fourth-order valence-electron chi connectivity index (χ4n) is 1.22. The fraction of sp³-hybridized carbons (Fsp3) is 0.909. The second-order valence-corrected chi connectivity index (χ2v) is 7.56. The predicted molar refractivity (Wildman–Crippen MR) is 67.9 cm³/mol. The Labute approximate surface area is 104 Å². The van der Waals surface area contributed by atoms with Crippen molar-refractivity contribution in [1.29, 1.82) is 0 Å². The Morgan fingerprint density at radius 2 is 1.82 bits per heavy atom. The maximum Gasteiger partial charge on any atom is 0.303 e. The van der Waals surface area contributed by atoms with Gasteiger partial charge in [0.2, 0.25) is 0 Å². The van der Waals surface area contributed by atoms with Crippen LogP contribution in [0.3, 0.4) is 0 Å². The van der Waals surface area contributed by atoms with Crippen molar-refractivity contribution < 1.29 is 18.3 Å². The second kappa shape index (κ2) is 6.96. The van der Waals surface area contributed by atoms with Gasteiger partial charge in [-0.2, -0.15) is 0 Å². The number of carboxylic acids is 1. The highest BCUT2D eigenvalue weighted by Crippen LogP contribution is 2.13. The molecule has 0 aliphatic carbocycles. The molecule has 0 saturated heterocycles. The maximum atomic E-state index is 11.4. The minimum Gasteiger partial charge on any atom is -0.481 e. The topological polar surface area (TPSA) is 83.5 Å². The summed E-state index contributed by atoms with van der Waals surface area (Å²) in [5, 5.41) is 11.5. The van der Waals surface area contributed by atoms with Crippen molar-refractivity contribution in [1.82, 2.24) is 5.32 Å². The predicted octanol–water partition coefficient (Wildman–Crippen LogP) is 1.04. The van der Waals surface area contributed by atoms with Gasteiger partial charge in [-0.05, 0) is 33.2 Å². The number of carboxylic acid groups (broad SMARTS) is 1. The summed E-state index contributed by atoms with van der Waals surface area (Å²) in [4.78, 5) is 10.2. The first-order valence-electron chi connectivity index (χ1n) is 5.79. The first-order valence-corrected chi connectivity index (χ1v) is 7.68. The third-order valence-corrected chi connectivity index (χ3v) is 4.95. The van der Waals surface area contributed by atoms with Crippen molar-refractivity contribution in [2.24, 2.45) is 0 Å². The van der Waals surface area contributed by atoms with Crippen LogP contribution in [0.25, 0.3) is 0 Å². The van der Waals surface area contributed by atoms with E-state index in [2.05, 4.69) is 5.32 Å². The minimum absolute atomic E-state index is 0.203. The molecular weight excluding hydrogens is 242 g/mol. The number of hydrogen-bond donors (Lipinski definition) is 2. The Bertz CT molecular complexity index is 335. The van der Waals surface area contributed by atoms with Crippen LogP contribution in [0, 0.1) is 0 Å². The van der Waals surface area contributed by atoms with Gasteiger partial charge < -0.3 is 10.4 Å². The number of unbranched alkanes of at least 4 members (excludes halogenated alkanes) is 2. The van der Waals surface area contributed by atoms with E-state index < -0.39 is 20.6 Å². The van der Waals surface area contributed by atoms with Gasteiger partial charge in [0.25, 0.3) is 0 Å². The van der Waals surface area contributed by atoms with E-state index >= 15 is 0 Å². The second-order valence-electron chi connectivity index (χ2n) is 4.91. The molecular formula is C11H23NO4S. The molecule has 0 fully saturated rings. The standard InChI is InChI=1S/C11H23NO4S/c1-11(2,17(3,15)16)9-12-8-6-4-5-7-10(13)14/h12H,4-9H2,1-3H3,(H,13,14). The molecule has 0 spiro atoms. The molecule has 0 atom stereocenters. The first kappa shape index (κ1) is 16.4. The molecule has 5 nitrogen and oxygen atoms in total. The number of sulfone groups is 1. The van der Waals surface area contributed by atoms with Gasteiger partial charge >= 0.3 is 5.97 Å². The van der Waals surface area contributed by atoms with Gasteiger partial charge in [-0.1, -0.05) is 6.42 Å². The Morgan fingerprint density at radius 1 is 1.24 bits per heavy atom. The maximum absolute atomic E-state index is 11.4. The van der Waals surface area contributed by atoms with Crippen LogP contribution >= 0.6 is 0 Å². The number of rotatable bonds is 9. The molecule has 0 aromatic rings. The summed E-state index contributed by atoms with van der Waals surface area (Å²) < 4.78 is 22.0. The van der Waals surface area contributed by atoms with Crippen LogP contribution in [0.5, 0.6) is 0 Å². The monoisotopic (exact) mass is 265 g/mol. The molecule has 0 aromatic heterocycles. The lowest BCUT2D eigenvalue weighted by Crippen LogP contribution is -2.41. The van der Waals surface area contributed by atoms with Crippen LogP contribution in [0.1, 0.15) is 39.5 Å². The summed E-state index contributed by atoms with van der Waals surface area (Å²) in [6.45, 7) is 4.53. The Balaban J connectivity index is 3.62. The molecule has 0 unspecified atom stereocenters. The quantitative estimate of drug-likeness (QED) is 0.609. The lowest BCUT2D eigenvalue weighted by molar-refractivity contribution is -0.137. The zero-order valence-corrected chi connectivity index (χ0v) is 11.6. The highest BCUT2D eigenvalue weighted by molar-refractivity contribution is 7.92. The summed E-state index contributed by atoms with van der Waals surface area (Å²) in [6.07, 6.45) is 3.83.